The Kier molecular flexibility index (Phi) is 6.28. The van der Waals surface area contributed by atoms with Gasteiger partial charge >= 0.3 is 6.09 Å². The standard InChI is InChI=1S/C17H25NO3/c1-12(2)18(13(3)4)17(19)21-14(5)11-15-7-9-16(20-6)10-8-15/h7-13H,1-6H3. The zero-order chi connectivity index (χ0) is 16.0. The van der Waals surface area contributed by atoms with E-state index < -0.39 is 0 Å². The fourth-order valence-electron chi connectivity index (χ4n) is 2.17. The molecule has 0 saturated carbocycles. The van der Waals surface area contributed by atoms with Gasteiger partial charge < -0.3 is 14.4 Å². The quantitative estimate of drug-likeness (QED) is 0.759. The molecule has 0 atom stereocenters. The van der Waals surface area contributed by atoms with Crippen molar-refractivity contribution >= 4 is 12.2 Å². The zero-order valence-electron chi connectivity index (χ0n) is 13.7. The molecule has 1 rings (SSSR count). The minimum absolute atomic E-state index is 0.103. The summed E-state index contributed by atoms with van der Waals surface area (Å²) in [6, 6.07) is 7.78. The molecule has 0 unspecified atom stereocenters. The van der Waals surface area contributed by atoms with Gasteiger partial charge in [0.25, 0.3) is 0 Å². The van der Waals surface area contributed by atoms with Gasteiger partial charge in [-0.15, -0.1) is 0 Å². The van der Waals surface area contributed by atoms with Crippen molar-refractivity contribution in [2.45, 2.75) is 46.7 Å². The van der Waals surface area contributed by atoms with Gasteiger partial charge in [-0.2, -0.15) is 0 Å². The van der Waals surface area contributed by atoms with Crippen LogP contribution in [0.5, 0.6) is 5.75 Å². The average molecular weight is 291 g/mol. The van der Waals surface area contributed by atoms with Crippen LogP contribution in [-0.4, -0.2) is 30.2 Å². The third-order valence-corrected chi connectivity index (χ3v) is 3.06. The van der Waals surface area contributed by atoms with Gasteiger partial charge in [0, 0.05) is 12.1 Å². The van der Waals surface area contributed by atoms with Crippen LogP contribution in [0.15, 0.2) is 30.0 Å². The van der Waals surface area contributed by atoms with Gasteiger partial charge in [-0.1, -0.05) is 12.1 Å². The smallest absolute Gasteiger partial charge is 0.415 e. The second-order valence-electron chi connectivity index (χ2n) is 5.49. The van der Waals surface area contributed by atoms with E-state index in [1.807, 2.05) is 58.0 Å². The van der Waals surface area contributed by atoms with Crippen molar-refractivity contribution in [3.8, 4) is 5.75 Å². The van der Waals surface area contributed by atoms with Crippen molar-refractivity contribution in [1.29, 1.82) is 0 Å². The molecule has 1 aromatic rings. The van der Waals surface area contributed by atoms with E-state index in [0.717, 1.165) is 11.3 Å². The Labute approximate surface area is 127 Å². The molecule has 0 N–H and O–H groups in total. The molecule has 1 amide bonds. The Balaban J connectivity index is 2.76. The van der Waals surface area contributed by atoms with Crippen LogP contribution in [-0.2, 0) is 4.74 Å². The highest BCUT2D eigenvalue weighted by Crippen LogP contribution is 2.16. The van der Waals surface area contributed by atoms with Crippen LogP contribution in [0.4, 0.5) is 4.79 Å². The van der Waals surface area contributed by atoms with Gasteiger partial charge in [0.05, 0.1) is 7.11 Å². The van der Waals surface area contributed by atoms with Crippen molar-refractivity contribution < 1.29 is 14.3 Å². The van der Waals surface area contributed by atoms with Crippen molar-refractivity contribution in [2.75, 3.05) is 7.11 Å². The number of hydrogen-bond acceptors (Lipinski definition) is 3. The molecule has 0 fully saturated rings. The molecular weight excluding hydrogens is 266 g/mol. The largest absolute Gasteiger partial charge is 0.497 e. The summed E-state index contributed by atoms with van der Waals surface area (Å²) in [5, 5.41) is 0. The van der Waals surface area contributed by atoms with Crippen LogP contribution in [0.2, 0.25) is 0 Å². The van der Waals surface area contributed by atoms with Crippen molar-refractivity contribution in [1.82, 2.24) is 4.90 Å². The first-order valence-electron chi connectivity index (χ1n) is 7.17. The maximum atomic E-state index is 12.2. The van der Waals surface area contributed by atoms with Gasteiger partial charge in [0.15, 0.2) is 0 Å². The molecule has 1 aromatic carbocycles. The van der Waals surface area contributed by atoms with Gasteiger partial charge in [0.2, 0.25) is 0 Å². The van der Waals surface area contributed by atoms with Gasteiger partial charge in [-0.3, -0.25) is 0 Å². The minimum Gasteiger partial charge on any atom is -0.497 e. The lowest BCUT2D eigenvalue weighted by Gasteiger charge is -2.29. The van der Waals surface area contributed by atoms with Gasteiger partial charge in [-0.25, -0.2) is 4.79 Å². The lowest BCUT2D eigenvalue weighted by atomic mass is 10.2. The topological polar surface area (TPSA) is 38.8 Å². The van der Waals surface area contributed by atoms with Crippen LogP contribution >= 0.6 is 0 Å². The van der Waals surface area contributed by atoms with Crippen LogP contribution in [0.1, 0.15) is 40.2 Å². The molecule has 0 aliphatic rings. The molecule has 0 radical (unpaired) electrons. The van der Waals surface area contributed by atoms with E-state index in [2.05, 4.69) is 0 Å². The summed E-state index contributed by atoms with van der Waals surface area (Å²) < 4.78 is 10.5. The molecule has 0 aliphatic carbocycles. The number of nitrogens with zero attached hydrogens (tertiary/aromatic N) is 1. The summed E-state index contributed by atoms with van der Waals surface area (Å²) in [6.45, 7) is 9.68. The van der Waals surface area contributed by atoms with E-state index in [9.17, 15) is 4.79 Å². The van der Waals surface area contributed by atoms with E-state index >= 15 is 0 Å². The second-order valence-corrected chi connectivity index (χ2v) is 5.49. The molecule has 116 valence electrons. The SMILES string of the molecule is COc1ccc(C=C(C)OC(=O)N(C(C)C)C(C)C)cc1. The van der Waals surface area contributed by atoms with Crippen LogP contribution in [0.3, 0.4) is 0 Å². The van der Waals surface area contributed by atoms with Crippen molar-refractivity contribution in [3.63, 3.8) is 0 Å². The minimum atomic E-state index is -0.317. The fourth-order valence-corrected chi connectivity index (χ4v) is 2.17. The summed E-state index contributed by atoms with van der Waals surface area (Å²) in [4.78, 5) is 13.9. The molecule has 0 saturated heterocycles. The Bertz CT molecular complexity index is 481. The lowest BCUT2D eigenvalue weighted by molar-refractivity contribution is 0.102. The highest BCUT2D eigenvalue weighted by molar-refractivity contribution is 5.70. The van der Waals surface area contributed by atoms with E-state index in [1.165, 1.54) is 0 Å². The third kappa shape index (κ3) is 5.14. The first kappa shape index (κ1) is 17.1. The van der Waals surface area contributed by atoms with Crippen LogP contribution in [0.25, 0.3) is 6.08 Å². The Hall–Kier alpha value is -1.97. The Morgan fingerprint density at radius 1 is 1.10 bits per heavy atom. The first-order valence-corrected chi connectivity index (χ1v) is 7.17. The van der Waals surface area contributed by atoms with E-state index in [0.29, 0.717) is 5.76 Å². The zero-order valence-corrected chi connectivity index (χ0v) is 13.7. The summed E-state index contributed by atoms with van der Waals surface area (Å²) in [7, 11) is 1.63. The number of carbonyl (C=O) groups is 1. The molecule has 0 aliphatic heterocycles. The lowest BCUT2D eigenvalue weighted by Crippen LogP contribution is -2.42. The van der Waals surface area contributed by atoms with Gasteiger partial charge in [0.1, 0.15) is 11.5 Å². The van der Waals surface area contributed by atoms with E-state index in [1.54, 1.807) is 18.9 Å². The number of rotatable bonds is 5. The number of ether oxygens (including phenoxy) is 2. The maximum absolute atomic E-state index is 12.2. The van der Waals surface area contributed by atoms with Crippen molar-refractivity contribution in [2.24, 2.45) is 0 Å². The predicted octanol–water partition coefficient (Wildman–Crippen LogP) is 4.31. The number of allylic oxidation sites excluding steroid dienone is 1. The second kappa shape index (κ2) is 7.72. The van der Waals surface area contributed by atoms with Gasteiger partial charge in [-0.05, 0) is 58.4 Å². The number of methoxy groups -OCH3 is 1. The highest BCUT2D eigenvalue weighted by atomic mass is 16.6. The van der Waals surface area contributed by atoms with Crippen molar-refractivity contribution in [3.05, 3.63) is 35.6 Å². The Morgan fingerprint density at radius 2 is 1.62 bits per heavy atom. The third-order valence-electron chi connectivity index (χ3n) is 3.06. The Morgan fingerprint density at radius 3 is 2.05 bits per heavy atom. The molecule has 4 nitrogen and oxygen atoms in total. The monoisotopic (exact) mass is 291 g/mol. The van der Waals surface area contributed by atoms with E-state index in [-0.39, 0.29) is 18.2 Å². The number of carbonyl (C=O) groups excluding carboxylic acids is 1. The molecule has 0 aromatic heterocycles. The molecular formula is C17H25NO3. The summed E-state index contributed by atoms with van der Waals surface area (Å²) in [5.41, 5.74) is 0.960. The first-order chi connectivity index (χ1) is 9.85. The predicted molar refractivity (Wildman–Crippen MR) is 85.2 cm³/mol. The number of benzene rings is 1. The summed E-state index contributed by atoms with van der Waals surface area (Å²) >= 11 is 0. The molecule has 0 spiro atoms. The molecule has 21 heavy (non-hydrogen) atoms. The fraction of sp³-hybridized carbons (Fsp3) is 0.471. The van der Waals surface area contributed by atoms with E-state index in [4.69, 9.17) is 9.47 Å². The molecule has 4 heteroatoms. The number of amides is 1. The maximum Gasteiger partial charge on any atom is 0.415 e. The highest BCUT2D eigenvalue weighted by Gasteiger charge is 2.21. The molecule has 0 bridgehead atoms. The molecule has 0 heterocycles. The normalized spacial score (nSPS) is 11.7. The average Bonchev–Trinajstić information content (AvgIpc) is 2.38. The van der Waals surface area contributed by atoms with Crippen LogP contribution < -0.4 is 4.74 Å². The summed E-state index contributed by atoms with van der Waals surface area (Å²) in [5.74, 6) is 1.36. The summed E-state index contributed by atoms with van der Waals surface area (Å²) in [6.07, 6.45) is 1.51. The van der Waals surface area contributed by atoms with Crippen LogP contribution in [0, 0.1) is 0 Å². The number of hydrogen-bond donors (Lipinski definition) is 0.